The number of Topliss-reactive ketones (excluding diaryl/α,β-unsaturated/α-hetero) is 1. The second kappa shape index (κ2) is 1.62. The lowest BCUT2D eigenvalue weighted by Crippen LogP contribution is -2.68. The molecule has 3 aliphatic rings. The molecular formula is C7H9FN2O. The van der Waals surface area contributed by atoms with E-state index in [9.17, 15) is 9.18 Å². The normalized spacial score (nSPS) is 46.6. The van der Waals surface area contributed by atoms with Crippen molar-refractivity contribution in [2.75, 3.05) is 0 Å². The highest BCUT2D eigenvalue weighted by atomic mass is 19.1. The molecule has 2 bridgehead atoms. The van der Waals surface area contributed by atoms with Crippen molar-refractivity contribution < 1.29 is 9.18 Å². The molecule has 0 unspecified atom stereocenters. The number of hydrazone groups is 1. The van der Waals surface area contributed by atoms with Gasteiger partial charge in [0, 0.05) is 5.41 Å². The predicted molar refractivity (Wildman–Crippen MR) is 37.8 cm³/mol. The van der Waals surface area contributed by atoms with Crippen LogP contribution < -0.4 is 5.84 Å². The Labute approximate surface area is 63.4 Å². The number of carbonyl (C=O) groups excluding carboxylic acids is 1. The fourth-order valence-electron chi connectivity index (χ4n) is 2.13. The van der Waals surface area contributed by atoms with E-state index in [-0.39, 0.29) is 5.78 Å². The van der Waals surface area contributed by atoms with Crippen LogP contribution in [0.5, 0.6) is 0 Å². The first-order valence-electron chi connectivity index (χ1n) is 3.57. The maximum atomic E-state index is 12.9. The molecule has 0 radical (unpaired) electrons. The van der Waals surface area contributed by atoms with Crippen LogP contribution in [0.4, 0.5) is 4.39 Å². The van der Waals surface area contributed by atoms with E-state index in [1.807, 2.05) is 0 Å². The number of hydrogen-bond acceptors (Lipinski definition) is 3. The summed E-state index contributed by atoms with van der Waals surface area (Å²) in [6, 6.07) is 0. The Bertz CT molecular complexity index is 229. The molecule has 60 valence electrons. The highest BCUT2D eigenvalue weighted by Gasteiger charge is 2.72. The quantitative estimate of drug-likeness (QED) is 0.357. The maximum Gasteiger partial charge on any atom is 0.182 e. The number of rotatable bonds is 2. The van der Waals surface area contributed by atoms with E-state index in [4.69, 9.17) is 5.84 Å². The minimum Gasteiger partial charge on any atom is -0.323 e. The lowest BCUT2D eigenvalue weighted by atomic mass is 9.41. The van der Waals surface area contributed by atoms with E-state index in [1.165, 1.54) is 0 Å². The van der Waals surface area contributed by atoms with Crippen molar-refractivity contribution in [2.45, 2.75) is 24.9 Å². The number of carbonyl (C=O) groups is 1. The summed E-state index contributed by atoms with van der Waals surface area (Å²) >= 11 is 0. The van der Waals surface area contributed by atoms with Crippen molar-refractivity contribution in [3.05, 3.63) is 0 Å². The summed E-state index contributed by atoms with van der Waals surface area (Å²) in [5, 5.41) is 3.13. The van der Waals surface area contributed by atoms with Gasteiger partial charge in [-0.2, -0.15) is 5.10 Å². The average molecular weight is 156 g/mol. The van der Waals surface area contributed by atoms with Gasteiger partial charge in [0.1, 0.15) is 5.67 Å². The van der Waals surface area contributed by atoms with Gasteiger partial charge in [-0.15, -0.1) is 0 Å². The van der Waals surface area contributed by atoms with Crippen molar-refractivity contribution >= 4 is 12.0 Å². The molecule has 0 atom stereocenters. The molecule has 0 heterocycles. The molecule has 3 saturated carbocycles. The standard InChI is InChI=1S/C7H9FN2O/c8-7-2-6(3-7,4-7)5(11)1-10-9/h1H,2-4,9H2/b10-1-. The first-order chi connectivity index (χ1) is 5.10. The second-order valence-corrected chi connectivity index (χ2v) is 3.60. The van der Waals surface area contributed by atoms with Gasteiger partial charge < -0.3 is 5.84 Å². The summed E-state index contributed by atoms with van der Waals surface area (Å²) < 4.78 is 12.9. The molecule has 4 heteroatoms. The van der Waals surface area contributed by atoms with Gasteiger partial charge in [-0.05, 0) is 19.3 Å². The number of halogens is 1. The SMILES string of the molecule is N/N=C\C(=O)C12CC(F)(C1)C2. The first-order valence-corrected chi connectivity index (χ1v) is 3.57. The van der Waals surface area contributed by atoms with Crippen LogP contribution in [0.15, 0.2) is 5.10 Å². The van der Waals surface area contributed by atoms with Crippen LogP contribution >= 0.6 is 0 Å². The number of ketones is 1. The lowest BCUT2D eigenvalue weighted by molar-refractivity contribution is -0.205. The zero-order valence-electron chi connectivity index (χ0n) is 6.01. The summed E-state index contributed by atoms with van der Waals surface area (Å²) in [5.74, 6) is 4.70. The van der Waals surface area contributed by atoms with E-state index < -0.39 is 11.1 Å². The van der Waals surface area contributed by atoms with Gasteiger partial charge >= 0.3 is 0 Å². The Kier molecular flexibility index (Phi) is 0.998. The van der Waals surface area contributed by atoms with Gasteiger partial charge in [-0.25, -0.2) is 4.39 Å². The molecule has 0 aromatic heterocycles. The van der Waals surface area contributed by atoms with Gasteiger partial charge in [0.2, 0.25) is 0 Å². The Morgan fingerprint density at radius 3 is 2.45 bits per heavy atom. The minimum atomic E-state index is -1.02. The van der Waals surface area contributed by atoms with Crippen molar-refractivity contribution in [3.63, 3.8) is 0 Å². The van der Waals surface area contributed by atoms with Crippen LogP contribution in [-0.2, 0) is 4.79 Å². The number of nitrogens with zero attached hydrogens (tertiary/aromatic N) is 1. The van der Waals surface area contributed by atoms with Gasteiger partial charge in [-0.1, -0.05) is 0 Å². The molecule has 3 fully saturated rings. The van der Waals surface area contributed by atoms with E-state index in [0.29, 0.717) is 19.3 Å². The molecule has 0 spiro atoms. The van der Waals surface area contributed by atoms with Gasteiger partial charge in [-0.3, -0.25) is 4.79 Å². The Balaban J connectivity index is 2.04. The number of alkyl halides is 1. The lowest BCUT2D eigenvalue weighted by Gasteiger charge is -2.64. The fraction of sp³-hybridized carbons (Fsp3) is 0.714. The van der Waals surface area contributed by atoms with Crippen LogP contribution in [0.3, 0.4) is 0 Å². The summed E-state index contributed by atoms with van der Waals surface area (Å²) in [7, 11) is 0. The third-order valence-corrected chi connectivity index (χ3v) is 2.68. The van der Waals surface area contributed by atoms with Crippen molar-refractivity contribution in [2.24, 2.45) is 16.4 Å². The Hall–Kier alpha value is -0.930. The van der Waals surface area contributed by atoms with Crippen LogP contribution in [-0.4, -0.2) is 17.7 Å². The van der Waals surface area contributed by atoms with E-state index >= 15 is 0 Å². The second-order valence-electron chi connectivity index (χ2n) is 3.60. The highest BCUT2D eigenvalue weighted by molar-refractivity contribution is 6.30. The summed E-state index contributed by atoms with van der Waals surface area (Å²) in [4.78, 5) is 11.1. The van der Waals surface area contributed by atoms with Gasteiger partial charge in [0.05, 0.1) is 6.21 Å². The zero-order valence-corrected chi connectivity index (χ0v) is 6.01. The molecule has 2 N–H and O–H groups in total. The van der Waals surface area contributed by atoms with E-state index in [2.05, 4.69) is 5.10 Å². The molecule has 3 rings (SSSR count). The van der Waals surface area contributed by atoms with E-state index in [1.54, 1.807) is 0 Å². The Morgan fingerprint density at radius 2 is 2.09 bits per heavy atom. The maximum absolute atomic E-state index is 12.9. The van der Waals surface area contributed by atoms with Crippen LogP contribution in [0.25, 0.3) is 0 Å². The largest absolute Gasteiger partial charge is 0.323 e. The molecule has 0 aliphatic heterocycles. The smallest absolute Gasteiger partial charge is 0.182 e. The van der Waals surface area contributed by atoms with Crippen LogP contribution in [0.1, 0.15) is 19.3 Å². The van der Waals surface area contributed by atoms with Gasteiger partial charge in [0.15, 0.2) is 5.78 Å². The summed E-state index contributed by atoms with van der Waals surface area (Å²) in [5.41, 5.74) is -1.42. The molecule has 3 aliphatic carbocycles. The van der Waals surface area contributed by atoms with Gasteiger partial charge in [0.25, 0.3) is 0 Å². The summed E-state index contributed by atoms with van der Waals surface area (Å²) in [6.07, 6.45) is 2.24. The molecule has 0 saturated heterocycles. The number of hydrogen-bond donors (Lipinski definition) is 1. The molecular weight excluding hydrogens is 147 g/mol. The minimum absolute atomic E-state index is 0.112. The van der Waals surface area contributed by atoms with Crippen molar-refractivity contribution in [1.29, 1.82) is 0 Å². The molecule has 0 aromatic rings. The average Bonchev–Trinajstić information content (AvgIpc) is 1.79. The molecule has 11 heavy (non-hydrogen) atoms. The van der Waals surface area contributed by atoms with Crippen LogP contribution in [0.2, 0.25) is 0 Å². The first kappa shape index (κ1) is 6.76. The number of nitrogens with two attached hydrogens (primary N) is 1. The third-order valence-electron chi connectivity index (χ3n) is 2.68. The topological polar surface area (TPSA) is 55.4 Å². The van der Waals surface area contributed by atoms with Crippen molar-refractivity contribution in [1.82, 2.24) is 0 Å². The molecule has 3 nitrogen and oxygen atoms in total. The fourth-order valence-corrected chi connectivity index (χ4v) is 2.13. The van der Waals surface area contributed by atoms with E-state index in [0.717, 1.165) is 6.21 Å². The predicted octanol–water partition coefficient (Wildman–Crippen LogP) is 0.392. The van der Waals surface area contributed by atoms with Crippen LogP contribution in [0, 0.1) is 5.41 Å². The molecule has 0 amide bonds. The summed E-state index contributed by atoms with van der Waals surface area (Å²) in [6.45, 7) is 0. The monoisotopic (exact) mass is 156 g/mol. The Morgan fingerprint density at radius 1 is 1.55 bits per heavy atom. The highest BCUT2D eigenvalue weighted by Crippen LogP contribution is 2.69. The van der Waals surface area contributed by atoms with Crippen molar-refractivity contribution in [3.8, 4) is 0 Å². The third kappa shape index (κ3) is 0.667. The molecule has 0 aromatic carbocycles. The zero-order chi connectivity index (χ0) is 8.11.